The van der Waals surface area contributed by atoms with Crippen LogP contribution in [0.15, 0.2) is 29.6 Å². The van der Waals surface area contributed by atoms with E-state index in [1.165, 1.54) is 22.1 Å². The molecule has 1 N–H and O–H groups in total. The molecule has 2 aromatic rings. The highest BCUT2D eigenvalue weighted by Crippen LogP contribution is 2.26. The van der Waals surface area contributed by atoms with Crippen LogP contribution in [-0.2, 0) is 11.2 Å². The summed E-state index contributed by atoms with van der Waals surface area (Å²) in [6.07, 6.45) is 3.42. The van der Waals surface area contributed by atoms with Gasteiger partial charge in [0.25, 0.3) is 0 Å². The van der Waals surface area contributed by atoms with Gasteiger partial charge in [0, 0.05) is 17.9 Å². The van der Waals surface area contributed by atoms with Crippen LogP contribution in [0.3, 0.4) is 0 Å². The molecule has 1 aromatic carbocycles. The van der Waals surface area contributed by atoms with E-state index in [0.29, 0.717) is 6.04 Å². The number of methoxy groups -OCH3 is 1. The predicted molar refractivity (Wildman–Crippen MR) is 84.1 cm³/mol. The molecule has 1 heterocycles. The summed E-state index contributed by atoms with van der Waals surface area (Å²) in [6.45, 7) is 4.06. The number of benzene rings is 1. The third-order valence-corrected chi connectivity index (χ3v) is 4.39. The van der Waals surface area contributed by atoms with Crippen LogP contribution in [0, 0.1) is 0 Å². The second-order valence-electron chi connectivity index (χ2n) is 4.90. The van der Waals surface area contributed by atoms with Gasteiger partial charge in [-0.05, 0) is 48.2 Å². The zero-order valence-electron chi connectivity index (χ0n) is 11.8. The van der Waals surface area contributed by atoms with Gasteiger partial charge in [-0.3, -0.25) is 0 Å². The maximum absolute atomic E-state index is 5.30. The van der Waals surface area contributed by atoms with Crippen molar-refractivity contribution in [2.45, 2.75) is 32.2 Å². The van der Waals surface area contributed by atoms with E-state index in [-0.39, 0.29) is 0 Å². The van der Waals surface area contributed by atoms with Crippen LogP contribution in [-0.4, -0.2) is 26.3 Å². The van der Waals surface area contributed by atoms with Gasteiger partial charge in [-0.1, -0.05) is 25.1 Å². The first-order chi connectivity index (χ1) is 9.35. The first kappa shape index (κ1) is 14.5. The first-order valence-electron chi connectivity index (χ1n) is 7.02. The molecular weight excluding hydrogens is 254 g/mol. The van der Waals surface area contributed by atoms with Crippen molar-refractivity contribution in [1.82, 2.24) is 5.32 Å². The number of hydrogen-bond acceptors (Lipinski definition) is 3. The average molecular weight is 277 g/mol. The summed E-state index contributed by atoms with van der Waals surface area (Å²) in [5.41, 5.74) is 1.47. The molecule has 1 atom stereocenters. The van der Waals surface area contributed by atoms with Crippen molar-refractivity contribution >= 4 is 21.4 Å². The van der Waals surface area contributed by atoms with Gasteiger partial charge in [-0.25, -0.2) is 0 Å². The van der Waals surface area contributed by atoms with Gasteiger partial charge in [0.05, 0.1) is 6.61 Å². The minimum Gasteiger partial charge on any atom is -0.383 e. The lowest BCUT2D eigenvalue weighted by Gasteiger charge is -2.17. The van der Waals surface area contributed by atoms with Crippen molar-refractivity contribution in [3.05, 3.63) is 35.2 Å². The SMILES string of the molecule is CCCNC(CCc1csc2ccccc12)COC. The summed E-state index contributed by atoms with van der Waals surface area (Å²) in [5.74, 6) is 0. The van der Waals surface area contributed by atoms with Crippen molar-refractivity contribution in [3.63, 3.8) is 0 Å². The molecule has 0 saturated heterocycles. The van der Waals surface area contributed by atoms with Crippen LogP contribution in [0.25, 0.3) is 10.1 Å². The maximum Gasteiger partial charge on any atom is 0.0615 e. The van der Waals surface area contributed by atoms with Gasteiger partial charge in [0.1, 0.15) is 0 Å². The van der Waals surface area contributed by atoms with Gasteiger partial charge in [-0.2, -0.15) is 0 Å². The van der Waals surface area contributed by atoms with Crippen LogP contribution in [0.1, 0.15) is 25.3 Å². The van der Waals surface area contributed by atoms with Gasteiger partial charge in [0.2, 0.25) is 0 Å². The lowest BCUT2D eigenvalue weighted by atomic mass is 10.0. The van der Waals surface area contributed by atoms with Gasteiger partial charge < -0.3 is 10.1 Å². The van der Waals surface area contributed by atoms with Crippen LogP contribution in [0.2, 0.25) is 0 Å². The number of nitrogens with one attached hydrogen (secondary N) is 1. The van der Waals surface area contributed by atoms with E-state index in [0.717, 1.165) is 26.0 Å². The molecule has 0 amide bonds. The first-order valence-corrected chi connectivity index (χ1v) is 7.90. The molecule has 1 unspecified atom stereocenters. The second-order valence-corrected chi connectivity index (χ2v) is 5.81. The molecule has 0 bridgehead atoms. The highest BCUT2D eigenvalue weighted by Gasteiger charge is 2.09. The molecule has 2 rings (SSSR count). The average Bonchev–Trinajstić information content (AvgIpc) is 2.85. The Kier molecular flexibility index (Phi) is 5.83. The Bertz CT molecular complexity index is 494. The molecule has 104 valence electrons. The second kappa shape index (κ2) is 7.63. The number of hydrogen-bond donors (Lipinski definition) is 1. The number of ether oxygens (including phenoxy) is 1. The lowest BCUT2D eigenvalue weighted by Crippen LogP contribution is -2.34. The fourth-order valence-electron chi connectivity index (χ4n) is 2.35. The van der Waals surface area contributed by atoms with E-state index >= 15 is 0 Å². The van der Waals surface area contributed by atoms with E-state index in [4.69, 9.17) is 4.74 Å². The van der Waals surface area contributed by atoms with E-state index in [9.17, 15) is 0 Å². The zero-order chi connectivity index (χ0) is 13.5. The number of aryl methyl sites for hydroxylation is 1. The molecule has 2 nitrogen and oxygen atoms in total. The maximum atomic E-state index is 5.30. The summed E-state index contributed by atoms with van der Waals surface area (Å²) in [7, 11) is 1.78. The predicted octanol–water partition coefficient (Wildman–Crippen LogP) is 3.85. The Morgan fingerprint density at radius 3 is 2.95 bits per heavy atom. The molecule has 19 heavy (non-hydrogen) atoms. The Morgan fingerprint density at radius 2 is 2.16 bits per heavy atom. The van der Waals surface area contributed by atoms with E-state index in [2.05, 4.69) is 41.9 Å². The number of fused-ring (bicyclic) bond motifs is 1. The molecule has 0 aliphatic carbocycles. The monoisotopic (exact) mass is 277 g/mol. The molecule has 0 aliphatic rings. The topological polar surface area (TPSA) is 21.3 Å². The summed E-state index contributed by atoms with van der Waals surface area (Å²) >= 11 is 1.85. The van der Waals surface area contributed by atoms with Gasteiger partial charge in [-0.15, -0.1) is 11.3 Å². The molecular formula is C16H23NOS. The summed E-state index contributed by atoms with van der Waals surface area (Å²) in [6, 6.07) is 9.13. The molecule has 0 saturated carbocycles. The molecule has 0 spiro atoms. The molecule has 1 aromatic heterocycles. The van der Waals surface area contributed by atoms with E-state index in [1.54, 1.807) is 7.11 Å². The van der Waals surface area contributed by atoms with Crippen molar-refractivity contribution in [3.8, 4) is 0 Å². The van der Waals surface area contributed by atoms with Gasteiger partial charge in [0.15, 0.2) is 0 Å². The minimum absolute atomic E-state index is 0.462. The van der Waals surface area contributed by atoms with Crippen molar-refractivity contribution < 1.29 is 4.74 Å². The Hall–Kier alpha value is -0.900. The summed E-state index contributed by atoms with van der Waals surface area (Å²) in [4.78, 5) is 0. The molecule has 0 radical (unpaired) electrons. The zero-order valence-corrected chi connectivity index (χ0v) is 12.6. The third-order valence-electron chi connectivity index (χ3n) is 3.37. The smallest absolute Gasteiger partial charge is 0.0615 e. The van der Waals surface area contributed by atoms with Crippen LogP contribution in [0.4, 0.5) is 0 Å². The highest BCUT2D eigenvalue weighted by atomic mass is 32.1. The molecule has 0 aliphatic heterocycles. The lowest BCUT2D eigenvalue weighted by molar-refractivity contribution is 0.162. The number of thiophene rings is 1. The highest BCUT2D eigenvalue weighted by molar-refractivity contribution is 7.17. The molecule has 0 fully saturated rings. The van der Waals surface area contributed by atoms with Crippen molar-refractivity contribution in [2.24, 2.45) is 0 Å². The normalized spacial score (nSPS) is 12.9. The largest absolute Gasteiger partial charge is 0.383 e. The third kappa shape index (κ3) is 4.03. The summed E-state index contributed by atoms with van der Waals surface area (Å²) in [5, 5.41) is 7.28. The minimum atomic E-state index is 0.462. The quantitative estimate of drug-likeness (QED) is 0.791. The van der Waals surface area contributed by atoms with Crippen molar-refractivity contribution in [1.29, 1.82) is 0 Å². The standard InChI is InChI=1S/C16H23NOS/c1-3-10-17-14(11-18-2)9-8-13-12-19-16-7-5-4-6-15(13)16/h4-7,12,14,17H,3,8-11H2,1-2H3. The van der Waals surface area contributed by atoms with Crippen LogP contribution < -0.4 is 5.32 Å². The molecule has 3 heteroatoms. The van der Waals surface area contributed by atoms with Gasteiger partial charge >= 0.3 is 0 Å². The van der Waals surface area contributed by atoms with Crippen LogP contribution >= 0.6 is 11.3 Å². The summed E-state index contributed by atoms with van der Waals surface area (Å²) < 4.78 is 6.69. The Labute approximate surface area is 119 Å². The number of rotatable bonds is 8. The Morgan fingerprint density at radius 1 is 1.32 bits per heavy atom. The Balaban J connectivity index is 1.96. The van der Waals surface area contributed by atoms with E-state index < -0.39 is 0 Å². The van der Waals surface area contributed by atoms with Crippen LogP contribution in [0.5, 0.6) is 0 Å². The fraction of sp³-hybridized carbons (Fsp3) is 0.500. The fourth-order valence-corrected chi connectivity index (χ4v) is 3.35. The van der Waals surface area contributed by atoms with E-state index in [1.807, 2.05) is 11.3 Å². The van der Waals surface area contributed by atoms with Crippen molar-refractivity contribution in [2.75, 3.05) is 20.3 Å².